The third kappa shape index (κ3) is 6.44. The number of nitrogens with one attached hydrogen (secondary N) is 1. The molecule has 2 aromatic rings. The van der Waals surface area contributed by atoms with Crippen molar-refractivity contribution in [1.82, 2.24) is 9.62 Å². The van der Waals surface area contributed by atoms with Crippen molar-refractivity contribution >= 4 is 27.3 Å². The second kappa shape index (κ2) is 9.69. The van der Waals surface area contributed by atoms with Crippen molar-refractivity contribution in [1.29, 1.82) is 0 Å². The molecular formula is C20H25ClFN3O2S. The summed E-state index contributed by atoms with van der Waals surface area (Å²) in [5, 5.41) is 0.738. The van der Waals surface area contributed by atoms with Crippen LogP contribution in [0.1, 0.15) is 12.0 Å². The molecule has 0 aromatic heterocycles. The summed E-state index contributed by atoms with van der Waals surface area (Å²) in [6, 6.07) is 13.6. The second-order valence-corrected chi connectivity index (χ2v) is 9.19. The summed E-state index contributed by atoms with van der Waals surface area (Å²) in [5.74, 6) is -0.629. The van der Waals surface area contributed by atoms with Gasteiger partial charge in [-0.15, -0.1) is 0 Å². The molecule has 1 aliphatic heterocycles. The summed E-state index contributed by atoms with van der Waals surface area (Å²) in [4.78, 5) is 4.67. The van der Waals surface area contributed by atoms with Crippen LogP contribution < -0.4 is 9.62 Å². The largest absolute Gasteiger partial charge is 0.369 e. The van der Waals surface area contributed by atoms with Crippen LogP contribution in [0.4, 0.5) is 10.1 Å². The minimum atomic E-state index is -3.46. The third-order valence-corrected chi connectivity index (χ3v) is 6.39. The SMILES string of the molecule is O=S(=O)(Cc1cccc(F)c1)NCCCN1CCN(c2ccc(Cl)cc2)CC1. The number of anilines is 1. The lowest BCUT2D eigenvalue weighted by molar-refractivity contribution is 0.255. The fourth-order valence-corrected chi connectivity index (χ4v) is 4.61. The molecule has 0 saturated carbocycles. The number of nitrogens with zero attached hydrogens (tertiary/aromatic N) is 2. The quantitative estimate of drug-likeness (QED) is 0.660. The van der Waals surface area contributed by atoms with Crippen molar-refractivity contribution in [2.45, 2.75) is 12.2 Å². The summed E-state index contributed by atoms with van der Waals surface area (Å²) in [6.45, 7) is 4.99. The minimum absolute atomic E-state index is 0.204. The van der Waals surface area contributed by atoms with E-state index in [9.17, 15) is 12.8 Å². The third-order valence-electron chi connectivity index (χ3n) is 4.78. The average Bonchev–Trinajstić information content (AvgIpc) is 2.66. The molecule has 8 heteroatoms. The van der Waals surface area contributed by atoms with Crippen LogP contribution >= 0.6 is 11.6 Å². The Morgan fingerprint density at radius 2 is 1.75 bits per heavy atom. The molecule has 0 bridgehead atoms. The van der Waals surface area contributed by atoms with Gasteiger partial charge in [0, 0.05) is 43.4 Å². The standard InChI is InChI=1S/C20H25ClFN3O2S/c21-18-5-7-20(8-6-18)25-13-11-24(12-14-25)10-2-9-23-28(26,27)16-17-3-1-4-19(22)15-17/h1,3-8,15,23H,2,9-14,16H2. The van der Waals surface area contributed by atoms with Gasteiger partial charge in [-0.2, -0.15) is 0 Å². The van der Waals surface area contributed by atoms with E-state index < -0.39 is 15.8 Å². The van der Waals surface area contributed by atoms with Gasteiger partial charge < -0.3 is 4.90 Å². The van der Waals surface area contributed by atoms with Crippen LogP contribution in [0.25, 0.3) is 0 Å². The van der Waals surface area contributed by atoms with E-state index in [0.29, 0.717) is 12.1 Å². The molecule has 0 radical (unpaired) electrons. The fourth-order valence-electron chi connectivity index (χ4n) is 3.31. The number of rotatable bonds is 8. The van der Waals surface area contributed by atoms with Crippen molar-refractivity contribution in [2.75, 3.05) is 44.2 Å². The summed E-state index contributed by atoms with van der Waals surface area (Å²) in [7, 11) is -3.46. The van der Waals surface area contributed by atoms with E-state index >= 15 is 0 Å². The molecule has 3 rings (SSSR count). The van der Waals surface area contributed by atoms with E-state index in [2.05, 4.69) is 14.5 Å². The van der Waals surface area contributed by atoms with Crippen molar-refractivity contribution in [3.05, 3.63) is 64.9 Å². The molecule has 1 saturated heterocycles. The van der Waals surface area contributed by atoms with Crippen LogP contribution in [0.5, 0.6) is 0 Å². The summed E-state index contributed by atoms with van der Waals surface area (Å²) in [6.07, 6.45) is 0.739. The molecule has 0 amide bonds. The van der Waals surface area contributed by atoms with E-state index in [1.165, 1.54) is 23.9 Å². The van der Waals surface area contributed by atoms with Crippen molar-refractivity contribution in [3.63, 3.8) is 0 Å². The smallest absolute Gasteiger partial charge is 0.215 e. The molecule has 28 heavy (non-hydrogen) atoms. The zero-order chi connectivity index (χ0) is 20.0. The van der Waals surface area contributed by atoms with Gasteiger partial charge in [0.25, 0.3) is 0 Å². The Labute approximate surface area is 171 Å². The Morgan fingerprint density at radius 1 is 1.04 bits per heavy atom. The molecule has 0 atom stereocenters. The zero-order valence-electron chi connectivity index (χ0n) is 15.7. The lowest BCUT2D eigenvalue weighted by atomic mass is 10.2. The molecule has 1 aliphatic rings. The predicted octanol–water partition coefficient (Wildman–Crippen LogP) is 3.11. The highest BCUT2D eigenvalue weighted by Crippen LogP contribution is 2.19. The van der Waals surface area contributed by atoms with Gasteiger partial charge in [0.1, 0.15) is 5.82 Å². The Morgan fingerprint density at radius 3 is 2.43 bits per heavy atom. The normalized spacial score (nSPS) is 15.7. The Hall–Kier alpha value is -1.67. The lowest BCUT2D eigenvalue weighted by Crippen LogP contribution is -2.47. The Bertz CT molecular complexity index is 869. The van der Waals surface area contributed by atoms with E-state index in [0.717, 1.165) is 44.2 Å². The first-order chi connectivity index (χ1) is 13.4. The minimum Gasteiger partial charge on any atom is -0.369 e. The number of hydrogen-bond donors (Lipinski definition) is 1. The van der Waals surface area contributed by atoms with Crippen molar-refractivity contribution in [2.24, 2.45) is 0 Å². The lowest BCUT2D eigenvalue weighted by Gasteiger charge is -2.36. The molecule has 1 fully saturated rings. The van der Waals surface area contributed by atoms with Crippen LogP contribution in [0.3, 0.4) is 0 Å². The van der Waals surface area contributed by atoms with Crippen LogP contribution in [0.15, 0.2) is 48.5 Å². The van der Waals surface area contributed by atoms with Crippen LogP contribution in [-0.4, -0.2) is 52.6 Å². The predicted molar refractivity (Wildman–Crippen MR) is 112 cm³/mol. The highest BCUT2D eigenvalue weighted by atomic mass is 35.5. The van der Waals surface area contributed by atoms with Crippen LogP contribution in [0.2, 0.25) is 5.02 Å². The second-order valence-electron chi connectivity index (χ2n) is 6.94. The van der Waals surface area contributed by atoms with Gasteiger partial charge in [0.05, 0.1) is 5.75 Å². The molecule has 0 unspecified atom stereocenters. The molecule has 0 aliphatic carbocycles. The zero-order valence-corrected chi connectivity index (χ0v) is 17.2. The fraction of sp³-hybridized carbons (Fsp3) is 0.400. The molecule has 1 N–H and O–H groups in total. The molecule has 1 heterocycles. The summed E-state index contributed by atoms with van der Waals surface area (Å²) in [5.41, 5.74) is 1.62. The number of benzene rings is 2. The van der Waals surface area contributed by atoms with Crippen molar-refractivity contribution in [3.8, 4) is 0 Å². The van der Waals surface area contributed by atoms with Gasteiger partial charge in [-0.05, 0) is 54.9 Å². The first kappa shape index (κ1) is 21.0. The van der Waals surface area contributed by atoms with E-state index in [1.54, 1.807) is 6.07 Å². The van der Waals surface area contributed by atoms with Crippen molar-refractivity contribution < 1.29 is 12.8 Å². The molecule has 0 spiro atoms. The van der Waals surface area contributed by atoms with Crippen LogP contribution in [0, 0.1) is 5.82 Å². The maximum absolute atomic E-state index is 13.2. The van der Waals surface area contributed by atoms with Gasteiger partial charge in [0.15, 0.2) is 0 Å². The van der Waals surface area contributed by atoms with Crippen LogP contribution in [-0.2, 0) is 15.8 Å². The maximum atomic E-state index is 13.2. The monoisotopic (exact) mass is 425 g/mol. The van der Waals surface area contributed by atoms with E-state index in [4.69, 9.17) is 11.6 Å². The Kier molecular flexibility index (Phi) is 7.29. The molecule has 5 nitrogen and oxygen atoms in total. The summed E-state index contributed by atoms with van der Waals surface area (Å²) < 4.78 is 40.0. The molecule has 2 aromatic carbocycles. The van der Waals surface area contributed by atoms with E-state index in [1.807, 2.05) is 24.3 Å². The number of piperazine rings is 1. The van der Waals surface area contributed by atoms with Gasteiger partial charge in [0.2, 0.25) is 10.0 Å². The summed E-state index contributed by atoms with van der Waals surface area (Å²) >= 11 is 5.94. The number of hydrogen-bond acceptors (Lipinski definition) is 4. The number of halogens is 2. The first-order valence-electron chi connectivity index (χ1n) is 9.36. The Balaban J connectivity index is 1.36. The number of sulfonamides is 1. The highest BCUT2D eigenvalue weighted by molar-refractivity contribution is 7.88. The molecular weight excluding hydrogens is 401 g/mol. The highest BCUT2D eigenvalue weighted by Gasteiger charge is 2.17. The maximum Gasteiger partial charge on any atom is 0.215 e. The first-order valence-corrected chi connectivity index (χ1v) is 11.4. The topological polar surface area (TPSA) is 52.7 Å². The van der Waals surface area contributed by atoms with Gasteiger partial charge in [-0.25, -0.2) is 17.5 Å². The van der Waals surface area contributed by atoms with Gasteiger partial charge in [-0.1, -0.05) is 23.7 Å². The molecule has 152 valence electrons. The van der Waals surface area contributed by atoms with Gasteiger partial charge in [-0.3, -0.25) is 4.90 Å². The van der Waals surface area contributed by atoms with E-state index in [-0.39, 0.29) is 5.75 Å². The average molecular weight is 426 g/mol. The van der Waals surface area contributed by atoms with Gasteiger partial charge >= 0.3 is 0 Å².